The predicted octanol–water partition coefficient (Wildman–Crippen LogP) is 3.72. The van der Waals surface area contributed by atoms with Gasteiger partial charge in [0.05, 0.1) is 18.7 Å². The topological polar surface area (TPSA) is 79.5 Å². The number of allylic oxidation sites excluding steroid dienone is 1. The van der Waals surface area contributed by atoms with Gasteiger partial charge < -0.3 is 20.7 Å². The van der Waals surface area contributed by atoms with E-state index in [0.717, 1.165) is 10.0 Å². The Morgan fingerprint density at radius 1 is 1.19 bits per heavy atom. The molecule has 1 aliphatic rings. The maximum atomic E-state index is 12.9. The van der Waals surface area contributed by atoms with Gasteiger partial charge in [0.2, 0.25) is 0 Å². The number of hydrogen-bond acceptors (Lipinski definition) is 3. The molecule has 0 bridgehead atoms. The summed E-state index contributed by atoms with van der Waals surface area (Å²) in [5.74, 6) is 0.366. The lowest BCUT2D eigenvalue weighted by molar-refractivity contribution is -0.113. The van der Waals surface area contributed by atoms with Crippen molar-refractivity contribution in [3.8, 4) is 5.75 Å². The summed E-state index contributed by atoms with van der Waals surface area (Å²) in [6.07, 6.45) is 0. The van der Waals surface area contributed by atoms with E-state index in [9.17, 15) is 9.59 Å². The van der Waals surface area contributed by atoms with Gasteiger partial charge in [-0.05, 0) is 48.9 Å². The van der Waals surface area contributed by atoms with Crippen molar-refractivity contribution in [3.63, 3.8) is 0 Å². The third kappa shape index (κ3) is 3.88. The number of ether oxygens (including phenoxy) is 1. The third-order valence-electron chi connectivity index (χ3n) is 4.04. The number of anilines is 1. The number of carbonyl (C=O) groups excluding carboxylic acids is 2. The van der Waals surface area contributed by atoms with Crippen molar-refractivity contribution in [1.29, 1.82) is 0 Å². The number of carbonyl (C=O) groups is 2. The van der Waals surface area contributed by atoms with Crippen LogP contribution in [0.3, 0.4) is 0 Å². The molecule has 3 N–H and O–H groups in total. The monoisotopic (exact) mass is 415 g/mol. The zero-order chi connectivity index (χ0) is 18.7. The summed E-state index contributed by atoms with van der Waals surface area (Å²) >= 11 is 3.37. The largest absolute Gasteiger partial charge is 0.497 e. The molecule has 1 atom stereocenters. The van der Waals surface area contributed by atoms with E-state index >= 15 is 0 Å². The maximum absolute atomic E-state index is 12.9. The molecule has 6 nitrogen and oxygen atoms in total. The molecule has 0 spiro atoms. The molecule has 2 aromatic rings. The molecule has 0 aliphatic carbocycles. The van der Waals surface area contributed by atoms with Crippen molar-refractivity contribution in [1.82, 2.24) is 10.6 Å². The first-order valence-corrected chi connectivity index (χ1v) is 8.76. The van der Waals surface area contributed by atoms with E-state index < -0.39 is 6.04 Å². The number of hydrogen-bond donors (Lipinski definition) is 3. The Bertz CT molecular complexity index is 878. The Labute approximate surface area is 159 Å². The Balaban J connectivity index is 1.94. The van der Waals surface area contributed by atoms with Crippen LogP contribution in [0.5, 0.6) is 5.75 Å². The van der Waals surface area contributed by atoms with E-state index in [1.165, 1.54) is 0 Å². The number of methoxy groups -OCH3 is 1. The third-order valence-corrected chi connectivity index (χ3v) is 4.57. The first-order valence-electron chi connectivity index (χ1n) is 7.97. The van der Waals surface area contributed by atoms with Crippen LogP contribution in [0.15, 0.2) is 64.3 Å². The van der Waals surface area contributed by atoms with Crippen LogP contribution in [-0.2, 0) is 4.79 Å². The average molecular weight is 416 g/mol. The second kappa shape index (κ2) is 7.61. The fraction of sp³-hybridized carbons (Fsp3) is 0.158. The van der Waals surface area contributed by atoms with Crippen LogP contribution in [-0.4, -0.2) is 19.0 Å². The molecule has 1 aliphatic heterocycles. The van der Waals surface area contributed by atoms with Gasteiger partial charge in [0.15, 0.2) is 0 Å². The van der Waals surface area contributed by atoms with Crippen molar-refractivity contribution in [3.05, 3.63) is 69.8 Å². The lowest BCUT2D eigenvalue weighted by atomic mass is 9.94. The number of benzene rings is 2. The zero-order valence-corrected chi connectivity index (χ0v) is 15.9. The van der Waals surface area contributed by atoms with Crippen LogP contribution in [0, 0.1) is 0 Å². The van der Waals surface area contributed by atoms with Crippen molar-refractivity contribution >= 4 is 33.6 Å². The molecule has 3 amide bonds. The fourth-order valence-corrected chi connectivity index (χ4v) is 3.06. The summed E-state index contributed by atoms with van der Waals surface area (Å²) in [6, 6.07) is 13.6. The number of nitrogens with one attached hydrogen (secondary N) is 3. The minimum absolute atomic E-state index is 0.287. The van der Waals surface area contributed by atoms with E-state index in [1.54, 1.807) is 32.2 Å². The van der Waals surface area contributed by atoms with Gasteiger partial charge in [-0.25, -0.2) is 4.79 Å². The Hall–Kier alpha value is -2.80. The second-order valence-corrected chi connectivity index (χ2v) is 6.72. The average Bonchev–Trinajstić information content (AvgIpc) is 2.63. The highest BCUT2D eigenvalue weighted by Crippen LogP contribution is 2.29. The number of rotatable bonds is 4. The van der Waals surface area contributed by atoms with Crippen LogP contribution in [0.25, 0.3) is 0 Å². The number of amides is 3. The number of halogens is 1. The van der Waals surface area contributed by atoms with Gasteiger partial charge in [0, 0.05) is 15.9 Å². The van der Waals surface area contributed by atoms with Crippen molar-refractivity contribution in [2.45, 2.75) is 13.0 Å². The zero-order valence-electron chi connectivity index (χ0n) is 14.3. The molecular weight excluding hydrogens is 398 g/mol. The highest BCUT2D eigenvalue weighted by Gasteiger charge is 2.31. The van der Waals surface area contributed by atoms with Crippen LogP contribution < -0.4 is 20.7 Å². The van der Waals surface area contributed by atoms with Gasteiger partial charge in [-0.15, -0.1) is 0 Å². The summed E-state index contributed by atoms with van der Waals surface area (Å²) in [5.41, 5.74) is 2.39. The Morgan fingerprint density at radius 3 is 2.62 bits per heavy atom. The molecule has 0 aromatic heterocycles. The molecule has 0 radical (unpaired) electrons. The minimum Gasteiger partial charge on any atom is -0.497 e. The summed E-state index contributed by atoms with van der Waals surface area (Å²) in [6.45, 7) is 1.71. The van der Waals surface area contributed by atoms with Crippen molar-refractivity contribution in [2.75, 3.05) is 12.4 Å². The molecular formula is C19H18BrN3O3. The van der Waals surface area contributed by atoms with Crippen LogP contribution in [0.1, 0.15) is 18.5 Å². The SMILES string of the molecule is COc1cccc(C2NC(=O)NC(C)=C2C(=O)Nc2ccc(Br)cc2)c1. The summed E-state index contributed by atoms with van der Waals surface area (Å²) < 4.78 is 6.18. The lowest BCUT2D eigenvalue weighted by Crippen LogP contribution is -2.45. The van der Waals surface area contributed by atoms with Gasteiger partial charge in [-0.3, -0.25) is 4.79 Å². The molecule has 0 saturated heterocycles. The van der Waals surface area contributed by atoms with Gasteiger partial charge in [0.25, 0.3) is 5.91 Å². The number of urea groups is 1. The van der Waals surface area contributed by atoms with Crippen LogP contribution in [0.2, 0.25) is 0 Å². The summed E-state index contributed by atoms with van der Waals surface area (Å²) in [5, 5.41) is 8.34. The van der Waals surface area contributed by atoms with Gasteiger partial charge >= 0.3 is 6.03 Å². The Morgan fingerprint density at radius 2 is 1.92 bits per heavy atom. The van der Waals surface area contributed by atoms with E-state index in [1.807, 2.05) is 30.3 Å². The first kappa shape index (κ1) is 18.0. The normalized spacial score (nSPS) is 16.6. The van der Waals surface area contributed by atoms with E-state index in [0.29, 0.717) is 22.7 Å². The molecule has 2 aromatic carbocycles. The van der Waals surface area contributed by atoms with Gasteiger partial charge in [-0.2, -0.15) is 0 Å². The van der Waals surface area contributed by atoms with E-state index in [2.05, 4.69) is 31.9 Å². The molecule has 7 heteroatoms. The second-order valence-electron chi connectivity index (χ2n) is 5.81. The molecule has 0 fully saturated rings. The molecule has 26 heavy (non-hydrogen) atoms. The molecule has 1 heterocycles. The predicted molar refractivity (Wildman–Crippen MR) is 103 cm³/mol. The van der Waals surface area contributed by atoms with Gasteiger partial charge in [0.1, 0.15) is 5.75 Å². The van der Waals surface area contributed by atoms with Crippen molar-refractivity contribution < 1.29 is 14.3 Å². The smallest absolute Gasteiger partial charge is 0.319 e. The molecule has 1 unspecified atom stereocenters. The maximum Gasteiger partial charge on any atom is 0.319 e. The quantitative estimate of drug-likeness (QED) is 0.711. The Kier molecular flexibility index (Phi) is 5.27. The summed E-state index contributed by atoms with van der Waals surface area (Å²) in [7, 11) is 1.57. The van der Waals surface area contributed by atoms with Crippen LogP contribution >= 0.6 is 15.9 Å². The lowest BCUT2D eigenvalue weighted by Gasteiger charge is -2.28. The summed E-state index contributed by atoms with van der Waals surface area (Å²) in [4.78, 5) is 24.9. The molecule has 3 rings (SSSR count). The molecule has 134 valence electrons. The van der Waals surface area contributed by atoms with Crippen LogP contribution in [0.4, 0.5) is 10.5 Å². The highest BCUT2D eigenvalue weighted by atomic mass is 79.9. The first-order chi connectivity index (χ1) is 12.5. The minimum atomic E-state index is -0.575. The standard InChI is InChI=1S/C19H18BrN3O3/c1-11-16(18(24)22-14-8-6-13(20)7-9-14)17(23-19(25)21-11)12-4-3-5-15(10-12)26-2/h3-10,17H,1-2H3,(H,22,24)(H2,21,23,25). The van der Waals surface area contributed by atoms with E-state index in [4.69, 9.17) is 4.74 Å². The highest BCUT2D eigenvalue weighted by molar-refractivity contribution is 9.10. The van der Waals surface area contributed by atoms with E-state index in [-0.39, 0.29) is 11.9 Å². The fourth-order valence-electron chi connectivity index (χ4n) is 2.80. The molecule has 0 saturated carbocycles. The van der Waals surface area contributed by atoms with Crippen molar-refractivity contribution in [2.24, 2.45) is 0 Å². The van der Waals surface area contributed by atoms with Gasteiger partial charge in [-0.1, -0.05) is 28.1 Å².